The zero-order chi connectivity index (χ0) is 14.5. The van der Waals surface area contributed by atoms with Gasteiger partial charge in [0.15, 0.2) is 0 Å². The molecular weight excluding hydrogens is 276 g/mol. The predicted molar refractivity (Wildman–Crippen MR) is 74.7 cm³/mol. The summed E-state index contributed by atoms with van der Waals surface area (Å²) < 4.78 is 22.6. The van der Waals surface area contributed by atoms with E-state index in [1.165, 1.54) is 18.6 Å². The van der Waals surface area contributed by atoms with Crippen LogP contribution in [-0.2, 0) is 10.0 Å². The Morgan fingerprint density at radius 2 is 2.10 bits per heavy atom. The summed E-state index contributed by atoms with van der Waals surface area (Å²) in [7, 11) is -3.72. The lowest BCUT2D eigenvalue weighted by atomic mass is 10.1. The molecule has 1 aliphatic carbocycles. The van der Waals surface area contributed by atoms with Gasteiger partial charge in [-0.25, -0.2) is 13.6 Å². The summed E-state index contributed by atoms with van der Waals surface area (Å²) in [6.07, 6.45) is 3.42. The van der Waals surface area contributed by atoms with Crippen LogP contribution in [0.5, 0.6) is 0 Å². The van der Waals surface area contributed by atoms with Gasteiger partial charge in [-0.1, -0.05) is 0 Å². The van der Waals surface area contributed by atoms with Crippen molar-refractivity contribution in [1.29, 1.82) is 0 Å². The number of benzene rings is 1. The molecule has 108 valence electrons. The molecule has 1 saturated heterocycles. The largest absolute Gasteiger partial charge is 0.335 e. The Labute approximate surface area is 118 Å². The predicted octanol–water partition coefficient (Wildman–Crippen LogP) is 1.27. The molecule has 3 rings (SSSR count). The summed E-state index contributed by atoms with van der Waals surface area (Å²) in [5, 5.41) is 5.10. The van der Waals surface area contributed by atoms with E-state index in [4.69, 9.17) is 5.14 Å². The highest BCUT2D eigenvalue weighted by Crippen LogP contribution is 2.38. The first-order valence-electron chi connectivity index (χ1n) is 6.80. The van der Waals surface area contributed by atoms with Crippen molar-refractivity contribution in [3.05, 3.63) is 29.3 Å². The van der Waals surface area contributed by atoms with Crippen molar-refractivity contribution in [2.75, 3.05) is 6.54 Å². The van der Waals surface area contributed by atoms with Crippen LogP contribution in [0.3, 0.4) is 0 Å². The van der Waals surface area contributed by atoms with E-state index in [-0.39, 0.29) is 10.8 Å². The van der Waals surface area contributed by atoms with E-state index in [1.54, 1.807) is 13.0 Å². The van der Waals surface area contributed by atoms with Crippen LogP contribution in [0.25, 0.3) is 0 Å². The molecule has 0 aromatic heterocycles. The molecule has 2 atom stereocenters. The Kier molecular flexibility index (Phi) is 3.10. The lowest BCUT2D eigenvalue weighted by Crippen LogP contribution is -2.38. The summed E-state index contributed by atoms with van der Waals surface area (Å²) in [5.41, 5.74) is 1.23. The number of hydrogen-bond donors (Lipinski definition) is 1. The number of carbonyl (C=O) groups excluding carboxylic acids is 1. The average Bonchev–Trinajstić information content (AvgIpc) is 2.99. The Balaban J connectivity index is 1.89. The Hall–Kier alpha value is -1.40. The number of piperidine rings is 1. The smallest absolute Gasteiger partial charge is 0.254 e. The number of primary sulfonamides is 1. The van der Waals surface area contributed by atoms with E-state index < -0.39 is 10.0 Å². The highest BCUT2D eigenvalue weighted by atomic mass is 32.2. The molecule has 1 amide bonds. The van der Waals surface area contributed by atoms with Gasteiger partial charge in [0.25, 0.3) is 5.91 Å². The minimum Gasteiger partial charge on any atom is -0.335 e. The Morgan fingerprint density at radius 1 is 1.35 bits per heavy atom. The third-order valence-corrected chi connectivity index (χ3v) is 5.34. The summed E-state index contributed by atoms with van der Waals surface area (Å²) in [5.74, 6) is 0.656. The fraction of sp³-hybridized carbons (Fsp3) is 0.500. The normalized spacial score (nSPS) is 25.2. The minimum atomic E-state index is -3.72. The van der Waals surface area contributed by atoms with Crippen LogP contribution in [0.15, 0.2) is 23.1 Å². The number of sulfonamides is 1. The van der Waals surface area contributed by atoms with E-state index in [2.05, 4.69) is 0 Å². The fourth-order valence-electron chi connectivity index (χ4n) is 3.38. The van der Waals surface area contributed by atoms with Crippen molar-refractivity contribution in [3.8, 4) is 0 Å². The second kappa shape index (κ2) is 4.56. The maximum atomic E-state index is 12.6. The molecule has 5 nitrogen and oxygen atoms in total. The number of amides is 1. The zero-order valence-corrected chi connectivity index (χ0v) is 12.2. The van der Waals surface area contributed by atoms with Crippen LogP contribution in [-0.4, -0.2) is 31.8 Å². The molecule has 2 N–H and O–H groups in total. The van der Waals surface area contributed by atoms with Gasteiger partial charge in [-0.15, -0.1) is 0 Å². The van der Waals surface area contributed by atoms with E-state index >= 15 is 0 Å². The molecule has 1 saturated carbocycles. The SMILES string of the molecule is Cc1cc(S(N)(=O)=O)ccc1C(=O)N1CC2CCC1C2. The topological polar surface area (TPSA) is 80.5 Å². The van der Waals surface area contributed by atoms with Crippen LogP contribution in [0.2, 0.25) is 0 Å². The number of carbonyl (C=O) groups is 1. The van der Waals surface area contributed by atoms with Gasteiger partial charge >= 0.3 is 0 Å². The molecule has 2 bridgehead atoms. The number of nitrogens with two attached hydrogens (primary N) is 1. The fourth-order valence-corrected chi connectivity index (χ4v) is 3.98. The van der Waals surface area contributed by atoms with Crippen molar-refractivity contribution in [2.45, 2.75) is 37.1 Å². The first-order chi connectivity index (χ1) is 9.36. The highest BCUT2D eigenvalue weighted by molar-refractivity contribution is 7.89. The number of likely N-dealkylation sites (tertiary alicyclic amines) is 1. The van der Waals surface area contributed by atoms with E-state index in [0.717, 1.165) is 19.4 Å². The molecule has 6 heteroatoms. The number of aryl methyl sites for hydroxylation is 1. The van der Waals surface area contributed by atoms with E-state index in [9.17, 15) is 13.2 Å². The van der Waals surface area contributed by atoms with Crippen LogP contribution in [0.4, 0.5) is 0 Å². The van der Waals surface area contributed by atoms with Crippen LogP contribution in [0.1, 0.15) is 35.2 Å². The van der Waals surface area contributed by atoms with Gasteiger partial charge in [-0.3, -0.25) is 4.79 Å². The van der Waals surface area contributed by atoms with Gasteiger partial charge < -0.3 is 4.90 Å². The van der Waals surface area contributed by atoms with Crippen molar-refractivity contribution in [3.63, 3.8) is 0 Å². The molecule has 2 unspecified atom stereocenters. The third-order valence-electron chi connectivity index (χ3n) is 4.43. The maximum absolute atomic E-state index is 12.6. The first-order valence-corrected chi connectivity index (χ1v) is 8.35. The summed E-state index contributed by atoms with van der Waals surface area (Å²) in [4.78, 5) is 14.6. The molecule has 0 radical (unpaired) electrons. The number of rotatable bonds is 2. The summed E-state index contributed by atoms with van der Waals surface area (Å²) >= 11 is 0. The maximum Gasteiger partial charge on any atom is 0.254 e. The second-order valence-electron chi connectivity index (χ2n) is 5.81. The van der Waals surface area contributed by atoms with Gasteiger partial charge in [0.1, 0.15) is 0 Å². The van der Waals surface area contributed by atoms with Crippen molar-refractivity contribution >= 4 is 15.9 Å². The summed E-state index contributed by atoms with van der Waals surface area (Å²) in [6, 6.07) is 4.81. The number of fused-ring (bicyclic) bond motifs is 2. The van der Waals surface area contributed by atoms with Crippen molar-refractivity contribution in [1.82, 2.24) is 4.90 Å². The number of nitrogens with zero attached hydrogens (tertiary/aromatic N) is 1. The first kappa shape index (κ1) is 13.6. The molecule has 1 aromatic rings. The quantitative estimate of drug-likeness (QED) is 0.892. The standard InChI is InChI=1S/C14H18N2O3S/c1-9-6-12(20(15,18)19)4-5-13(9)14(17)16-8-10-2-3-11(16)7-10/h4-6,10-11H,2-3,7-8H2,1H3,(H2,15,18,19). The lowest BCUT2D eigenvalue weighted by molar-refractivity contribution is 0.0703. The molecule has 20 heavy (non-hydrogen) atoms. The molecule has 1 aromatic carbocycles. The average molecular weight is 294 g/mol. The molecule has 2 fully saturated rings. The third kappa shape index (κ3) is 2.23. The van der Waals surface area contributed by atoms with Crippen molar-refractivity contribution in [2.24, 2.45) is 11.1 Å². The van der Waals surface area contributed by atoms with Crippen LogP contribution in [0, 0.1) is 12.8 Å². The summed E-state index contributed by atoms with van der Waals surface area (Å²) in [6.45, 7) is 2.58. The lowest BCUT2D eigenvalue weighted by Gasteiger charge is -2.27. The molecule has 1 heterocycles. The van der Waals surface area contributed by atoms with Crippen LogP contribution < -0.4 is 5.14 Å². The van der Waals surface area contributed by atoms with Gasteiger partial charge in [-0.05, 0) is 55.9 Å². The van der Waals surface area contributed by atoms with Gasteiger partial charge in [-0.2, -0.15) is 0 Å². The van der Waals surface area contributed by atoms with Gasteiger partial charge in [0.05, 0.1) is 4.90 Å². The van der Waals surface area contributed by atoms with Crippen LogP contribution >= 0.6 is 0 Å². The molecule has 2 aliphatic rings. The molecular formula is C14H18N2O3S. The molecule has 1 aliphatic heterocycles. The zero-order valence-electron chi connectivity index (χ0n) is 11.4. The number of hydrogen-bond acceptors (Lipinski definition) is 3. The van der Waals surface area contributed by atoms with E-state index in [0.29, 0.717) is 23.1 Å². The highest BCUT2D eigenvalue weighted by Gasteiger charge is 2.40. The Morgan fingerprint density at radius 3 is 2.60 bits per heavy atom. The van der Waals surface area contributed by atoms with Gasteiger partial charge in [0, 0.05) is 18.2 Å². The molecule has 0 spiro atoms. The van der Waals surface area contributed by atoms with Crippen molar-refractivity contribution < 1.29 is 13.2 Å². The van der Waals surface area contributed by atoms with E-state index in [1.807, 2.05) is 4.90 Å². The second-order valence-corrected chi connectivity index (χ2v) is 7.37. The minimum absolute atomic E-state index is 0.00988. The Bertz CT molecular complexity index is 669. The monoisotopic (exact) mass is 294 g/mol. The van der Waals surface area contributed by atoms with Gasteiger partial charge in [0.2, 0.25) is 10.0 Å².